The van der Waals surface area contributed by atoms with Crippen molar-refractivity contribution in [2.75, 3.05) is 58.3 Å². The molecule has 2 aliphatic rings. The Bertz CT molecular complexity index is 1310. The molecular formula is C31H35ClN4O3. The zero-order valence-corrected chi connectivity index (χ0v) is 23.2. The molecule has 2 aliphatic heterocycles. The van der Waals surface area contributed by atoms with Gasteiger partial charge in [-0.2, -0.15) is 0 Å². The van der Waals surface area contributed by atoms with Crippen molar-refractivity contribution in [3.05, 3.63) is 94.5 Å². The maximum atomic E-state index is 13.7. The number of anilines is 1. The van der Waals surface area contributed by atoms with Crippen molar-refractivity contribution in [3.63, 3.8) is 0 Å². The third kappa shape index (κ3) is 5.89. The number of hydrogen-bond donors (Lipinski definition) is 1. The first-order valence-corrected chi connectivity index (χ1v) is 13.8. The number of rotatable bonds is 8. The number of carbonyl (C=O) groups is 2. The molecule has 0 aromatic heterocycles. The Labute approximate surface area is 235 Å². The molecule has 39 heavy (non-hydrogen) atoms. The summed E-state index contributed by atoms with van der Waals surface area (Å²) in [6, 6.07) is 22.7. The van der Waals surface area contributed by atoms with Gasteiger partial charge in [-0.05, 0) is 60.5 Å². The molecule has 1 N–H and O–H groups in total. The molecule has 204 valence electrons. The Morgan fingerprint density at radius 3 is 2.46 bits per heavy atom. The van der Waals surface area contributed by atoms with E-state index in [1.54, 1.807) is 19.1 Å². The second-order valence-electron chi connectivity index (χ2n) is 10.2. The van der Waals surface area contributed by atoms with E-state index >= 15 is 0 Å². The second kappa shape index (κ2) is 12.1. The van der Waals surface area contributed by atoms with Crippen LogP contribution in [0.15, 0.2) is 72.8 Å². The lowest BCUT2D eigenvalue weighted by molar-refractivity contribution is -0.124. The van der Waals surface area contributed by atoms with Crippen molar-refractivity contribution in [2.24, 2.45) is 0 Å². The first kappa shape index (κ1) is 27.0. The van der Waals surface area contributed by atoms with Crippen molar-refractivity contribution in [1.82, 2.24) is 15.1 Å². The average molecular weight is 547 g/mol. The first-order chi connectivity index (χ1) is 19.0. The number of halogens is 1. The van der Waals surface area contributed by atoms with Gasteiger partial charge in [-0.3, -0.25) is 14.5 Å². The molecule has 0 unspecified atom stereocenters. The van der Waals surface area contributed by atoms with Gasteiger partial charge >= 0.3 is 0 Å². The van der Waals surface area contributed by atoms with Crippen LogP contribution in [0.4, 0.5) is 5.69 Å². The number of nitrogens with one attached hydrogen (secondary N) is 1. The fourth-order valence-electron chi connectivity index (χ4n) is 5.70. The molecule has 0 aliphatic carbocycles. The van der Waals surface area contributed by atoms with Crippen LogP contribution >= 0.6 is 11.6 Å². The number of nitrogens with zero attached hydrogens (tertiary/aromatic N) is 3. The SMILES string of the molecule is COc1ccc([C@@H]2[C@@H](C(=O)NCCCN3CCN(c4cccc(Cl)c4)CC3)c3ccccc3C(=O)N2C)cc1. The Morgan fingerprint density at radius 2 is 1.74 bits per heavy atom. The molecule has 0 spiro atoms. The van der Waals surface area contributed by atoms with Crippen LogP contribution in [0.1, 0.15) is 39.9 Å². The van der Waals surface area contributed by atoms with Crippen molar-refractivity contribution in [1.29, 1.82) is 0 Å². The number of likely N-dealkylation sites (N-methyl/N-ethyl adjacent to an activating group) is 1. The number of piperazine rings is 1. The summed E-state index contributed by atoms with van der Waals surface area (Å²) >= 11 is 6.16. The van der Waals surface area contributed by atoms with E-state index in [1.165, 1.54) is 0 Å². The summed E-state index contributed by atoms with van der Waals surface area (Å²) in [5, 5.41) is 3.94. The normalized spacial score (nSPS) is 19.5. The van der Waals surface area contributed by atoms with Crippen LogP contribution in [0.5, 0.6) is 5.75 Å². The Balaban J connectivity index is 1.21. The van der Waals surface area contributed by atoms with Gasteiger partial charge in [0, 0.05) is 56.0 Å². The van der Waals surface area contributed by atoms with Gasteiger partial charge in [0.15, 0.2) is 0 Å². The quantitative estimate of drug-likeness (QED) is 0.419. The molecule has 0 saturated carbocycles. The number of methoxy groups -OCH3 is 1. The zero-order chi connectivity index (χ0) is 27.4. The van der Waals surface area contributed by atoms with Crippen LogP contribution in [0.3, 0.4) is 0 Å². The van der Waals surface area contributed by atoms with Crippen LogP contribution in [0.2, 0.25) is 5.02 Å². The summed E-state index contributed by atoms with van der Waals surface area (Å²) in [6.07, 6.45) is 0.860. The number of ether oxygens (including phenoxy) is 1. The minimum Gasteiger partial charge on any atom is -0.497 e. The molecule has 0 radical (unpaired) electrons. The molecule has 1 saturated heterocycles. The highest BCUT2D eigenvalue weighted by Crippen LogP contribution is 2.42. The third-order valence-electron chi connectivity index (χ3n) is 7.82. The lowest BCUT2D eigenvalue weighted by Crippen LogP contribution is -2.47. The Hall–Kier alpha value is -3.55. The molecule has 2 atom stereocenters. The van der Waals surface area contributed by atoms with Gasteiger partial charge in [0.25, 0.3) is 5.91 Å². The molecule has 2 heterocycles. The number of amides is 2. The molecule has 7 nitrogen and oxygen atoms in total. The number of fused-ring (bicyclic) bond motifs is 1. The standard InChI is InChI=1S/C31H35ClN4O3/c1-34-29(22-11-13-25(39-2)14-12-22)28(26-9-3-4-10-27(26)31(34)38)30(37)33-15-6-16-35-17-19-36(20-18-35)24-8-5-7-23(32)21-24/h3-5,7-14,21,28-29H,6,15-20H2,1-2H3,(H,33,37)/t28-,29+/m0/s1. The van der Waals surface area contributed by atoms with E-state index in [4.69, 9.17) is 16.3 Å². The average Bonchev–Trinajstić information content (AvgIpc) is 2.97. The third-order valence-corrected chi connectivity index (χ3v) is 8.05. The van der Waals surface area contributed by atoms with E-state index < -0.39 is 12.0 Å². The summed E-state index contributed by atoms with van der Waals surface area (Å²) in [4.78, 5) is 33.4. The van der Waals surface area contributed by atoms with Gasteiger partial charge in [-0.1, -0.05) is 48.0 Å². The highest BCUT2D eigenvalue weighted by molar-refractivity contribution is 6.30. The minimum atomic E-state index is -0.501. The van der Waals surface area contributed by atoms with Gasteiger partial charge in [0.1, 0.15) is 5.75 Å². The predicted molar refractivity (Wildman–Crippen MR) is 155 cm³/mol. The fourth-order valence-corrected chi connectivity index (χ4v) is 5.89. The van der Waals surface area contributed by atoms with Gasteiger partial charge in [-0.15, -0.1) is 0 Å². The van der Waals surface area contributed by atoms with E-state index in [2.05, 4.69) is 21.2 Å². The highest BCUT2D eigenvalue weighted by Gasteiger charge is 2.42. The van der Waals surface area contributed by atoms with Gasteiger partial charge < -0.3 is 19.9 Å². The van der Waals surface area contributed by atoms with Crippen molar-refractivity contribution >= 4 is 29.1 Å². The smallest absolute Gasteiger partial charge is 0.254 e. The second-order valence-corrected chi connectivity index (χ2v) is 10.6. The topological polar surface area (TPSA) is 65.1 Å². The molecule has 5 rings (SSSR count). The highest BCUT2D eigenvalue weighted by atomic mass is 35.5. The summed E-state index contributed by atoms with van der Waals surface area (Å²) < 4.78 is 5.31. The first-order valence-electron chi connectivity index (χ1n) is 13.5. The van der Waals surface area contributed by atoms with E-state index in [-0.39, 0.29) is 11.8 Å². The van der Waals surface area contributed by atoms with E-state index in [9.17, 15) is 9.59 Å². The van der Waals surface area contributed by atoms with E-state index in [0.29, 0.717) is 12.1 Å². The van der Waals surface area contributed by atoms with Gasteiger partial charge in [0.05, 0.1) is 19.1 Å². The summed E-state index contributed by atoms with van der Waals surface area (Å²) in [5.74, 6) is 0.0951. The minimum absolute atomic E-state index is 0.0617. The lowest BCUT2D eigenvalue weighted by Gasteiger charge is -2.40. The molecule has 0 bridgehead atoms. The number of benzene rings is 3. The maximum absolute atomic E-state index is 13.7. The lowest BCUT2D eigenvalue weighted by atomic mass is 9.79. The molecule has 3 aromatic rings. The fraction of sp³-hybridized carbons (Fsp3) is 0.355. The van der Waals surface area contributed by atoms with Crippen LogP contribution in [0.25, 0.3) is 0 Å². The zero-order valence-electron chi connectivity index (χ0n) is 22.5. The summed E-state index contributed by atoms with van der Waals surface area (Å²) in [5.41, 5.74) is 3.43. The van der Waals surface area contributed by atoms with E-state index in [1.807, 2.05) is 66.7 Å². The van der Waals surface area contributed by atoms with Crippen LogP contribution in [-0.2, 0) is 4.79 Å². The largest absolute Gasteiger partial charge is 0.497 e. The molecule has 3 aromatic carbocycles. The van der Waals surface area contributed by atoms with E-state index in [0.717, 1.165) is 66.7 Å². The predicted octanol–water partition coefficient (Wildman–Crippen LogP) is 4.59. The molecule has 1 fully saturated rings. The molecular weight excluding hydrogens is 512 g/mol. The summed E-state index contributed by atoms with van der Waals surface area (Å²) in [6.45, 7) is 5.36. The molecule has 2 amide bonds. The van der Waals surface area contributed by atoms with Crippen LogP contribution in [-0.4, -0.2) is 75.0 Å². The van der Waals surface area contributed by atoms with Crippen molar-refractivity contribution < 1.29 is 14.3 Å². The number of hydrogen-bond acceptors (Lipinski definition) is 5. The van der Waals surface area contributed by atoms with Gasteiger partial charge in [-0.25, -0.2) is 0 Å². The van der Waals surface area contributed by atoms with Crippen LogP contribution in [0, 0.1) is 0 Å². The van der Waals surface area contributed by atoms with Crippen molar-refractivity contribution in [2.45, 2.75) is 18.4 Å². The Morgan fingerprint density at radius 1 is 1.00 bits per heavy atom. The van der Waals surface area contributed by atoms with Crippen molar-refractivity contribution in [3.8, 4) is 5.75 Å². The maximum Gasteiger partial charge on any atom is 0.254 e. The van der Waals surface area contributed by atoms with Crippen LogP contribution < -0.4 is 15.0 Å². The summed E-state index contributed by atoms with van der Waals surface area (Å²) in [7, 11) is 3.40. The van der Waals surface area contributed by atoms with Gasteiger partial charge in [0.2, 0.25) is 5.91 Å². The number of carbonyl (C=O) groups excluding carboxylic acids is 2. The monoisotopic (exact) mass is 546 g/mol. The Kier molecular flexibility index (Phi) is 8.38. The molecule has 8 heteroatoms.